The molecule has 2 heterocycles. The Labute approximate surface area is 204 Å². The first kappa shape index (κ1) is 23.7. The number of sulfone groups is 1. The number of fused-ring (bicyclic) bond motifs is 1. The molecular weight excluding hydrogens is 466 g/mol. The average Bonchev–Trinajstić information content (AvgIpc) is 3.73. The number of carbonyl (C=O) groups is 1. The number of piperidine rings is 1. The highest BCUT2D eigenvalue weighted by Gasteiger charge is 2.48. The number of pyridine rings is 1. The largest absolute Gasteiger partial charge is 0.489 e. The zero-order valence-corrected chi connectivity index (χ0v) is 20.2. The van der Waals surface area contributed by atoms with Crippen LogP contribution in [0.25, 0.3) is 10.9 Å². The Kier molecular flexibility index (Phi) is 6.48. The summed E-state index contributed by atoms with van der Waals surface area (Å²) in [6.07, 6.45) is 3.99. The SMILES string of the molecule is O=C(N(O)C1CC1)C1(CS(=O)(=O)c2ccc(OCc3cccc4ncccc34)cc2)CCNCC1. The normalized spacial score (nSPS) is 17.7. The Morgan fingerprint density at radius 1 is 1.09 bits per heavy atom. The van der Waals surface area contributed by atoms with E-state index < -0.39 is 21.2 Å². The number of hydroxylamine groups is 2. The highest BCUT2D eigenvalue weighted by atomic mass is 32.2. The summed E-state index contributed by atoms with van der Waals surface area (Å²) >= 11 is 0. The van der Waals surface area contributed by atoms with E-state index in [0.717, 1.165) is 34.4 Å². The molecule has 2 N–H and O–H groups in total. The van der Waals surface area contributed by atoms with Gasteiger partial charge in [0.05, 0.1) is 27.6 Å². The minimum atomic E-state index is -3.77. The number of aromatic nitrogens is 1. The Morgan fingerprint density at radius 2 is 1.83 bits per heavy atom. The maximum Gasteiger partial charge on any atom is 0.253 e. The van der Waals surface area contributed by atoms with Crippen LogP contribution in [0.5, 0.6) is 5.75 Å². The fraction of sp³-hybridized carbons (Fsp3) is 0.385. The van der Waals surface area contributed by atoms with Crippen molar-refractivity contribution in [2.24, 2.45) is 5.41 Å². The monoisotopic (exact) mass is 495 g/mol. The average molecular weight is 496 g/mol. The van der Waals surface area contributed by atoms with Gasteiger partial charge in [0.25, 0.3) is 5.91 Å². The van der Waals surface area contributed by atoms with E-state index in [1.807, 2.05) is 30.3 Å². The molecule has 1 aliphatic heterocycles. The molecule has 3 aromatic rings. The molecule has 1 saturated heterocycles. The van der Waals surface area contributed by atoms with Gasteiger partial charge in [0.15, 0.2) is 9.84 Å². The number of nitrogens with zero attached hydrogens (tertiary/aromatic N) is 2. The Hall–Kier alpha value is -3.01. The van der Waals surface area contributed by atoms with Crippen molar-refractivity contribution in [3.8, 4) is 5.75 Å². The van der Waals surface area contributed by atoms with Crippen molar-refractivity contribution in [2.45, 2.75) is 43.2 Å². The molecule has 2 aliphatic rings. The number of hydrogen-bond acceptors (Lipinski definition) is 7. The van der Waals surface area contributed by atoms with Crippen molar-refractivity contribution < 1.29 is 23.2 Å². The topological polar surface area (TPSA) is 109 Å². The number of carbonyl (C=O) groups excluding carboxylic acids is 1. The number of rotatable bonds is 8. The Morgan fingerprint density at radius 3 is 2.54 bits per heavy atom. The molecule has 184 valence electrons. The molecular formula is C26H29N3O5S. The van der Waals surface area contributed by atoms with E-state index >= 15 is 0 Å². The molecule has 5 rings (SSSR count). The van der Waals surface area contributed by atoms with Gasteiger partial charge in [0.2, 0.25) is 0 Å². The lowest BCUT2D eigenvalue weighted by molar-refractivity contribution is -0.180. The molecule has 1 amide bonds. The molecule has 0 atom stereocenters. The smallest absolute Gasteiger partial charge is 0.253 e. The summed E-state index contributed by atoms with van der Waals surface area (Å²) in [6, 6.07) is 15.8. The van der Waals surface area contributed by atoms with Crippen LogP contribution < -0.4 is 10.1 Å². The maximum atomic E-state index is 13.3. The number of hydrogen-bond donors (Lipinski definition) is 2. The molecule has 1 aliphatic carbocycles. The van der Waals surface area contributed by atoms with Crippen LogP contribution in [-0.4, -0.2) is 54.5 Å². The van der Waals surface area contributed by atoms with Crippen LogP contribution in [-0.2, 0) is 21.2 Å². The summed E-state index contributed by atoms with van der Waals surface area (Å²) in [5, 5.41) is 15.3. The second-order valence-electron chi connectivity index (χ2n) is 9.42. The highest BCUT2D eigenvalue weighted by Crippen LogP contribution is 2.38. The minimum Gasteiger partial charge on any atom is -0.489 e. The van der Waals surface area contributed by atoms with Crippen LogP contribution in [0, 0.1) is 5.41 Å². The second-order valence-corrected chi connectivity index (χ2v) is 11.4. The Balaban J connectivity index is 1.30. The molecule has 35 heavy (non-hydrogen) atoms. The zero-order valence-electron chi connectivity index (χ0n) is 19.4. The predicted molar refractivity (Wildman–Crippen MR) is 131 cm³/mol. The predicted octanol–water partition coefficient (Wildman–Crippen LogP) is 3.34. The quantitative estimate of drug-likeness (QED) is 0.364. The van der Waals surface area contributed by atoms with Crippen LogP contribution in [0.15, 0.2) is 65.7 Å². The van der Waals surface area contributed by atoms with Crippen molar-refractivity contribution in [2.75, 3.05) is 18.8 Å². The van der Waals surface area contributed by atoms with Crippen LogP contribution in [0.2, 0.25) is 0 Å². The third-order valence-corrected chi connectivity index (χ3v) is 8.82. The van der Waals surface area contributed by atoms with Crippen molar-refractivity contribution in [1.82, 2.24) is 15.4 Å². The first-order chi connectivity index (χ1) is 16.9. The lowest BCUT2D eigenvalue weighted by Crippen LogP contribution is -2.52. The van der Waals surface area contributed by atoms with E-state index in [1.54, 1.807) is 18.3 Å². The fourth-order valence-electron chi connectivity index (χ4n) is 4.70. The van der Waals surface area contributed by atoms with Crippen molar-refractivity contribution in [1.29, 1.82) is 0 Å². The first-order valence-electron chi connectivity index (χ1n) is 11.9. The van der Waals surface area contributed by atoms with Gasteiger partial charge in [-0.2, -0.15) is 0 Å². The number of nitrogens with one attached hydrogen (secondary N) is 1. The van der Waals surface area contributed by atoms with Gasteiger partial charge in [0, 0.05) is 11.6 Å². The maximum absolute atomic E-state index is 13.3. The minimum absolute atomic E-state index is 0.140. The molecule has 1 saturated carbocycles. The van der Waals surface area contributed by atoms with Gasteiger partial charge in [-0.15, -0.1) is 0 Å². The third-order valence-electron chi connectivity index (χ3n) is 6.89. The van der Waals surface area contributed by atoms with Crippen LogP contribution in [0.3, 0.4) is 0 Å². The molecule has 9 heteroatoms. The summed E-state index contributed by atoms with van der Waals surface area (Å²) in [5.74, 6) is -0.254. The number of ether oxygens (including phenoxy) is 1. The molecule has 0 spiro atoms. The third kappa shape index (κ3) is 5.03. The van der Waals surface area contributed by atoms with E-state index in [4.69, 9.17) is 4.74 Å². The zero-order chi connectivity index (χ0) is 24.5. The highest BCUT2D eigenvalue weighted by molar-refractivity contribution is 7.91. The molecule has 1 aromatic heterocycles. The summed E-state index contributed by atoms with van der Waals surface area (Å²) in [6.45, 7) is 1.40. The van der Waals surface area contributed by atoms with E-state index in [0.29, 0.717) is 38.3 Å². The standard InChI is InChI=1S/C26H29N3O5S/c30-25(29(31)20-6-7-20)26(12-15-27-16-13-26)18-35(32,33)22-10-8-21(9-11-22)34-17-19-3-1-5-24-23(19)4-2-14-28-24/h1-5,8-11,14,20,27,31H,6-7,12-13,15-18H2. The van der Waals surface area contributed by atoms with Gasteiger partial charge in [-0.3, -0.25) is 15.0 Å². The summed E-state index contributed by atoms with van der Waals surface area (Å²) < 4.78 is 32.6. The van der Waals surface area contributed by atoms with Gasteiger partial charge in [-0.05, 0) is 80.7 Å². The van der Waals surface area contributed by atoms with E-state index in [9.17, 15) is 18.4 Å². The van der Waals surface area contributed by atoms with Gasteiger partial charge in [0.1, 0.15) is 12.4 Å². The number of benzene rings is 2. The van der Waals surface area contributed by atoms with Gasteiger partial charge in [-0.1, -0.05) is 18.2 Å². The van der Waals surface area contributed by atoms with Crippen molar-refractivity contribution in [3.05, 3.63) is 66.4 Å². The first-order valence-corrected chi connectivity index (χ1v) is 13.5. The summed E-state index contributed by atoms with van der Waals surface area (Å²) in [4.78, 5) is 17.6. The van der Waals surface area contributed by atoms with Crippen LogP contribution in [0.4, 0.5) is 0 Å². The number of amides is 1. The van der Waals surface area contributed by atoms with Crippen LogP contribution in [0.1, 0.15) is 31.2 Å². The molecule has 0 bridgehead atoms. The molecule has 0 radical (unpaired) electrons. The van der Waals surface area contributed by atoms with E-state index in [-0.39, 0.29) is 16.7 Å². The molecule has 2 fully saturated rings. The summed E-state index contributed by atoms with van der Waals surface area (Å²) in [7, 11) is -3.77. The molecule has 8 nitrogen and oxygen atoms in total. The van der Waals surface area contributed by atoms with Crippen molar-refractivity contribution in [3.63, 3.8) is 0 Å². The molecule has 0 unspecified atom stereocenters. The Bertz CT molecular complexity index is 1310. The second kappa shape index (κ2) is 9.56. The van der Waals surface area contributed by atoms with E-state index in [2.05, 4.69) is 10.3 Å². The molecule has 2 aromatic carbocycles. The lowest BCUT2D eigenvalue weighted by Gasteiger charge is -2.37. The van der Waals surface area contributed by atoms with Crippen LogP contribution >= 0.6 is 0 Å². The van der Waals surface area contributed by atoms with Crippen molar-refractivity contribution >= 4 is 26.6 Å². The van der Waals surface area contributed by atoms with E-state index in [1.165, 1.54) is 12.1 Å². The van der Waals surface area contributed by atoms with Gasteiger partial charge < -0.3 is 10.1 Å². The van der Waals surface area contributed by atoms with Gasteiger partial charge in [-0.25, -0.2) is 13.5 Å². The lowest BCUT2D eigenvalue weighted by atomic mass is 9.79. The summed E-state index contributed by atoms with van der Waals surface area (Å²) in [5.41, 5.74) is 0.751. The fourth-order valence-corrected chi connectivity index (χ4v) is 6.55. The van der Waals surface area contributed by atoms with Gasteiger partial charge >= 0.3 is 0 Å².